The molecule has 4 nitrogen and oxygen atoms in total. The molecule has 1 rings (SSSR count). The minimum atomic E-state index is -0.498. The van der Waals surface area contributed by atoms with E-state index >= 15 is 0 Å². The summed E-state index contributed by atoms with van der Waals surface area (Å²) in [5.41, 5.74) is 6.61. The van der Waals surface area contributed by atoms with Gasteiger partial charge < -0.3 is 10.6 Å². The average Bonchev–Trinajstić information content (AvgIpc) is 2.63. The second-order valence-corrected chi connectivity index (χ2v) is 4.75. The number of aromatic nitrogens is 1. The summed E-state index contributed by atoms with van der Waals surface area (Å²) >= 11 is 1.58. The fourth-order valence-electron chi connectivity index (χ4n) is 1.37. The summed E-state index contributed by atoms with van der Waals surface area (Å²) in [6, 6.07) is -0.498. The van der Waals surface area contributed by atoms with Gasteiger partial charge in [0.1, 0.15) is 0 Å². The van der Waals surface area contributed by atoms with Crippen molar-refractivity contribution in [2.45, 2.75) is 25.9 Å². The monoisotopic (exact) mass is 239 g/mol. The van der Waals surface area contributed by atoms with Gasteiger partial charge in [-0.15, -0.1) is 17.9 Å². The van der Waals surface area contributed by atoms with E-state index in [0.29, 0.717) is 13.0 Å². The minimum Gasteiger partial charge on any atom is -0.338 e. The Kier molecular flexibility index (Phi) is 4.64. The van der Waals surface area contributed by atoms with Crippen molar-refractivity contribution in [2.24, 2.45) is 5.73 Å². The number of aryl methyl sites for hydroxylation is 1. The topological polar surface area (TPSA) is 59.2 Å². The Balaban J connectivity index is 2.54. The number of rotatable bonds is 5. The lowest BCUT2D eigenvalue weighted by Gasteiger charge is -2.19. The van der Waals surface area contributed by atoms with Crippen LogP contribution >= 0.6 is 11.3 Å². The van der Waals surface area contributed by atoms with Crippen LogP contribution in [-0.4, -0.2) is 28.9 Å². The van der Waals surface area contributed by atoms with Crippen molar-refractivity contribution in [3.05, 3.63) is 28.7 Å². The second-order valence-electron chi connectivity index (χ2n) is 3.68. The van der Waals surface area contributed by atoms with Crippen molar-refractivity contribution in [1.82, 2.24) is 9.88 Å². The molecule has 0 aliphatic heterocycles. The zero-order chi connectivity index (χ0) is 12.1. The van der Waals surface area contributed by atoms with Gasteiger partial charge in [0.25, 0.3) is 0 Å². The van der Waals surface area contributed by atoms with E-state index in [9.17, 15) is 4.79 Å². The van der Waals surface area contributed by atoms with Crippen LogP contribution in [0.2, 0.25) is 0 Å². The summed E-state index contributed by atoms with van der Waals surface area (Å²) in [6.45, 7) is 6.02. The van der Waals surface area contributed by atoms with Gasteiger partial charge >= 0.3 is 0 Å². The number of amides is 1. The van der Waals surface area contributed by atoms with E-state index in [-0.39, 0.29) is 5.91 Å². The molecule has 0 radical (unpaired) electrons. The maximum atomic E-state index is 11.8. The van der Waals surface area contributed by atoms with Gasteiger partial charge in [0.2, 0.25) is 5.91 Å². The van der Waals surface area contributed by atoms with Crippen molar-refractivity contribution in [1.29, 1.82) is 0 Å². The Morgan fingerprint density at radius 2 is 2.50 bits per heavy atom. The Bertz CT molecular complexity index is 375. The second kappa shape index (κ2) is 5.77. The molecule has 5 heteroatoms. The molecular weight excluding hydrogens is 222 g/mol. The number of thiazole rings is 1. The highest BCUT2D eigenvalue weighted by Gasteiger charge is 2.17. The fraction of sp³-hybridized carbons (Fsp3) is 0.455. The number of nitrogens with two attached hydrogens (primary N) is 1. The molecule has 0 saturated heterocycles. The van der Waals surface area contributed by atoms with Crippen LogP contribution in [0.4, 0.5) is 0 Å². The first-order valence-electron chi connectivity index (χ1n) is 5.07. The third-order valence-electron chi connectivity index (χ3n) is 2.18. The van der Waals surface area contributed by atoms with Crippen LogP contribution in [0.1, 0.15) is 17.1 Å². The Morgan fingerprint density at radius 1 is 1.81 bits per heavy atom. The summed E-state index contributed by atoms with van der Waals surface area (Å²) in [6.07, 6.45) is 2.16. The van der Waals surface area contributed by atoms with Crippen LogP contribution in [0.15, 0.2) is 18.0 Å². The lowest BCUT2D eigenvalue weighted by molar-refractivity contribution is -0.131. The third-order valence-corrected chi connectivity index (χ3v) is 3.00. The number of carbonyl (C=O) groups excluding carboxylic acids is 1. The molecule has 1 atom stereocenters. The standard InChI is InChI=1S/C11H17N3OS/c1-4-5-10(12)11(15)14(3)6-9-7-16-8(2)13-9/h4,7,10H,1,5-6,12H2,2-3H3. The molecule has 0 bridgehead atoms. The molecule has 1 unspecified atom stereocenters. The number of carbonyl (C=O) groups is 1. The van der Waals surface area contributed by atoms with Gasteiger partial charge in [-0.05, 0) is 13.3 Å². The minimum absolute atomic E-state index is 0.0782. The quantitative estimate of drug-likeness (QED) is 0.788. The van der Waals surface area contributed by atoms with E-state index in [4.69, 9.17) is 5.73 Å². The van der Waals surface area contributed by atoms with Crippen LogP contribution < -0.4 is 5.73 Å². The van der Waals surface area contributed by atoms with E-state index in [1.54, 1.807) is 29.4 Å². The predicted octanol–water partition coefficient (Wildman–Crippen LogP) is 1.31. The lowest BCUT2D eigenvalue weighted by atomic mass is 10.2. The zero-order valence-corrected chi connectivity index (χ0v) is 10.5. The van der Waals surface area contributed by atoms with Crippen molar-refractivity contribution < 1.29 is 4.79 Å². The van der Waals surface area contributed by atoms with Gasteiger partial charge in [-0.2, -0.15) is 0 Å². The van der Waals surface area contributed by atoms with Gasteiger partial charge in [0.05, 0.1) is 23.3 Å². The lowest BCUT2D eigenvalue weighted by Crippen LogP contribution is -2.41. The molecule has 1 heterocycles. The van der Waals surface area contributed by atoms with Crippen molar-refractivity contribution in [3.63, 3.8) is 0 Å². The number of hydrogen-bond acceptors (Lipinski definition) is 4. The highest BCUT2D eigenvalue weighted by atomic mass is 32.1. The van der Waals surface area contributed by atoms with Crippen LogP contribution in [0.25, 0.3) is 0 Å². The maximum absolute atomic E-state index is 11.8. The third kappa shape index (κ3) is 3.43. The molecule has 0 aromatic carbocycles. The van der Waals surface area contributed by atoms with Gasteiger partial charge in [0, 0.05) is 12.4 Å². The smallest absolute Gasteiger partial charge is 0.239 e. The van der Waals surface area contributed by atoms with E-state index in [0.717, 1.165) is 10.7 Å². The summed E-state index contributed by atoms with van der Waals surface area (Å²) in [5.74, 6) is -0.0782. The molecule has 0 aliphatic rings. The molecule has 1 aromatic rings. The van der Waals surface area contributed by atoms with E-state index in [2.05, 4.69) is 11.6 Å². The Hall–Kier alpha value is -1.20. The Morgan fingerprint density at radius 3 is 3.00 bits per heavy atom. The zero-order valence-electron chi connectivity index (χ0n) is 9.64. The largest absolute Gasteiger partial charge is 0.338 e. The first-order valence-corrected chi connectivity index (χ1v) is 5.95. The molecule has 1 aromatic heterocycles. The normalized spacial score (nSPS) is 12.2. The van der Waals surface area contributed by atoms with E-state index in [1.807, 2.05) is 12.3 Å². The molecule has 0 saturated carbocycles. The molecule has 0 fully saturated rings. The van der Waals surface area contributed by atoms with Gasteiger partial charge in [-0.25, -0.2) is 4.98 Å². The highest BCUT2D eigenvalue weighted by Crippen LogP contribution is 2.10. The first-order chi connectivity index (χ1) is 7.54. The molecular formula is C11H17N3OS. The van der Waals surface area contributed by atoms with Crippen LogP contribution in [0.3, 0.4) is 0 Å². The number of hydrogen-bond donors (Lipinski definition) is 1. The highest BCUT2D eigenvalue weighted by molar-refractivity contribution is 7.09. The van der Waals surface area contributed by atoms with Crippen molar-refractivity contribution >= 4 is 17.2 Å². The van der Waals surface area contributed by atoms with Crippen LogP contribution in [0, 0.1) is 6.92 Å². The van der Waals surface area contributed by atoms with Crippen molar-refractivity contribution in [3.8, 4) is 0 Å². The maximum Gasteiger partial charge on any atom is 0.239 e. The van der Waals surface area contributed by atoms with Crippen LogP contribution in [0.5, 0.6) is 0 Å². The molecule has 16 heavy (non-hydrogen) atoms. The number of likely N-dealkylation sites (N-methyl/N-ethyl adjacent to an activating group) is 1. The van der Waals surface area contributed by atoms with Gasteiger partial charge in [-0.1, -0.05) is 6.08 Å². The van der Waals surface area contributed by atoms with Crippen molar-refractivity contribution in [2.75, 3.05) is 7.05 Å². The SMILES string of the molecule is C=CCC(N)C(=O)N(C)Cc1csc(C)n1. The van der Waals surface area contributed by atoms with Gasteiger partial charge in [-0.3, -0.25) is 4.79 Å². The summed E-state index contributed by atoms with van der Waals surface area (Å²) < 4.78 is 0. The predicted molar refractivity (Wildman–Crippen MR) is 66.1 cm³/mol. The fourth-order valence-corrected chi connectivity index (χ4v) is 1.97. The van der Waals surface area contributed by atoms with E-state index in [1.165, 1.54) is 0 Å². The average molecular weight is 239 g/mol. The summed E-state index contributed by atoms with van der Waals surface area (Å²) in [4.78, 5) is 17.7. The molecule has 2 N–H and O–H groups in total. The summed E-state index contributed by atoms with van der Waals surface area (Å²) in [7, 11) is 1.74. The molecule has 1 amide bonds. The number of nitrogens with zero attached hydrogens (tertiary/aromatic N) is 2. The van der Waals surface area contributed by atoms with Crippen LogP contribution in [-0.2, 0) is 11.3 Å². The molecule has 0 spiro atoms. The molecule has 0 aliphatic carbocycles. The summed E-state index contributed by atoms with van der Waals surface area (Å²) in [5, 5.41) is 2.96. The van der Waals surface area contributed by atoms with Gasteiger partial charge in [0.15, 0.2) is 0 Å². The first kappa shape index (κ1) is 12.9. The molecule has 88 valence electrons. The van der Waals surface area contributed by atoms with E-state index < -0.39 is 6.04 Å². The Labute approximate surface area is 99.8 Å².